The van der Waals surface area contributed by atoms with Gasteiger partial charge in [-0.05, 0) is 35.7 Å². The van der Waals surface area contributed by atoms with Crippen LogP contribution in [0, 0.1) is 5.82 Å². The summed E-state index contributed by atoms with van der Waals surface area (Å²) < 4.78 is 13.2. The molecule has 0 bridgehead atoms. The van der Waals surface area contributed by atoms with Crippen LogP contribution in [-0.2, 0) is 16.9 Å². The molecule has 0 spiro atoms. The minimum absolute atomic E-state index is 0.0950. The van der Waals surface area contributed by atoms with Crippen molar-refractivity contribution in [2.24, 2.45) is 0 Å². The van der Waals surface area contributed by atoms with Gasteiger partial charge >= 0.3 is 6.03 Å². The molecule has 1 aromatic heterocycles. The number of carbonyl (C=O) groups is 2. The number of rotatable bonds is 4. The van der Waals surface area contributed by atoms with Crippen LogP contribution in [-0.4, -0.2) is 21.8 Å². The van der Waals surface area contributed by atoms with Gasteiger partial charge in [0.1, 0.15) is 16.5 Å². The molecule has 1 atom stereocenters. The zero-order valence-corrected chi connectivity index (χ0v) is 13.7. The van der Waals surface area contributed by atoms with E-state index in [-0.39, 0.29) is 12.5 Å². The first-order valence-electron chi connectivity index (χ1n) is 7.47. The van der Waals surface area contributed by atoms with E-state index in [0.717, 1.165) is 4.90 Å². The van der Waals surface area contributed by atoms with E-state index in [1.807, 2.05) is 0 Å². The van der Waals surface area contributed by atoms with Gasteiger partial charge in [0, 0.05) is 6.20 Å². The molecule has 0 radical (unpaired) electrons. The Hall–Kier alpha value is -2.47. The van der Waals surface area contributed by atoms with E-state index in [2.05, 4.69) is 10.3 Å². The van der Waals surface area contributed by atoms with E-state index in [0.29, 0.717) is 22.7 Å². The fraction of sp³-hybridized carbons (Fsp3) is 0.235. The quantitative estimate of drug-likeness (QED) is 0.682. The summed E-state index contributed by atoms with van der Waals surface area (Å²) in [5.74, 6) is -0.762. The number of carbonyl (C=O) groups excluding carboxylic acids is 2. The first-order chi connectivity index (χ1) is 11.5. The third kappa shape index (κ3) is 2.73. The van der Waals surface area contributed by atoms with E-state index in [4.69, 9.17) is 11.6 Å². The van der Waals surface area contributed by atoms with Crippen molar-refractivity contribution in [3.05, 3.63) is 64.7 Å². The Morgan fingerprint density at radius 1 is 1.21 bits per heavy atom. The van der Waals surface area contributed by atoms with Crippen molar-refractivity contribution in [1.29, 1.82) is 0 Å². The second-order valence-corrected chi connectivity index (χ2v) is 5.96. The molecule has 3 amide bonds. The maximum atomic E-state index is 13.2. The van der Waals surface area contributed by atoms with Gasteiger partial charge in [-0.15, -0.1) is 0 Å². The lowest BCUT2D eigenvalue weighted by Gasteiger charge is -2.25. The van der Waals surface area contributed by atoms with Crippen molar-refractivity contribution >= 4 is 23.5 Å². The second kappa shape index (κ2) is 6.20. The molecule has 1 fully saturated rings. The van der Waals surface area contributed by atoms with E-state index in [1.54, 1.807) is 19.1 Å². The summed E-state index contributed by atoms with van der Waals surface area (Å²) in [5.41, 5.74) is 0.0698. The summed E-state index contributed by atoms with van der Waals surface area (Å²) in [4.78, 5) is 30.4. The Balaban J connectivity index is 1.91. The van der Waals surface area contributed by atoms with Gasteiger partial charge in [-0.3, -0.25) is 9.69 Å². The number of amides is 3. The molecule has 2 aromatic rings. The number of pyridine rings is 1. The Morgan fingerprint density at radius 3 is 2.50 bits per heavy atom. The lowest BCUT2D eigenvalue weighted by molar-refractivity contribution is -0.132. The van der Waals surface area contributed by atoms with Gasteiger partial charge in [0.05, 0.1) is 6.54 Å². The lowest BCUT2D eigenvalue weighted by atomic mass is 9.87. The topological polar surface area (TPSA) is 62.3 Å². The zero-order valence-electron chi connectivity index (χ0n) is 12.9. The number of halogens is 2. The highest BCUT2D eigenvalue weighted by Crippen LogP contribution is 2.33. The van der Waals surface area contributed by atoms with Crippen molar-refractivity contribution in [2.75, 3.05) is 0 Å². The lowest BCUT2D eigenvalue weighted by Crippen LogP contribution is -2.43. The van der Waals surface area contributed by atoms with Crippen molar-refractivity contribution in [1.82, 2.24) is 15.2 Å². The van der Waals surface area contributed by atoms with Crippen LogP contribution in [0.3, 0.4) is 0 Å². The Morgan fingerprint density at radius 2 is 1.92 bits per heavy atom. The number of nitrogens with zero attached hydrogens (tertiary/aromatic N) is 2. The van der Waals surface area contributed by atoms with E-state index in [9.17, 15) is 14.0 Å². The summed E-state index contributed by atoms with van der Waals surface area (Å²) in [6.45, 7) is 1.90. The molecule has 1 saturated heterocycles. The molecule has 7 heteroatoms. The fourth-order valence-electron chi connectivity index (χ4n) is 2.83. The molecule has 2 heterocycles. The number of urea groups is 1. The van der Waals surface area contributed by atoms with Crippen LogP contribution in [0.4, 0.5) is 9.18 Å². The number of imide groups is 1. The van der Waals surface area contributed by atoms with Crippen LogP contribution < -0.4 is 5.32 Å². The SMILES string of the molecule is CCC1(c2ccc(F)cc2)NC(=O)N(Cc2ccc(Cl)nc2)C1=O. The molecule has 0 aliphatic carbocycles. The molecule has 1 N–H and O–H groups in total. The molecule has 5 nitrogen and oxygen atoms in total. The van der Waals surface area contributed by atoms with Crippen molar-refractivity contribution in [3.8, 4) is 0 Å². The van der Waals surface area contributed by atoms with Crippen molar-refractivity contribution < 1.29 is 14.0 Å². The summed E-state index contributed by atoms with van der Waals surface area (Å²) in [5, 5.41) is 3.09. The van der Waals surface area contributed by atoms with Crippen molar-refractivity contribution in [2.45, 2.75) is 25.4 Å². The first kappa shape index (κ1) is 16.4. The predicted molar refractivity (Wildman–Crippen MR) is 86.7 cm³/mol. The average Bonchev–Trinajstić information content (AvgIpc) is 2.82. The third-order valence-corrected chi connectivity index (χ3v) is 4.40. The van der Waals surface area contributed by atoms with Crippen LogP contribution in [0.2, 0.25) is 5.15 Å². The summed E-state index contributed by atoms with van der Waals surface area (Å²) in [6, 6.07) is 8.41. The van der Waals surface area contributed by atoms with Crippen molar-refractivity contribution in [3.63, 3.8) is 0 Å². The van der Waals surface area contributed by atoms with Gasteiger partial charge < -0.3 is 5.32 Å². The normalized spacial score (nSPS) is 20.4. The number of hydrogen-bond donors (Lipinski definition) is 1. The van der Waals surface area contributed by atoms with Gasteiger partial charge in [-0.2, -0.15) is 0 Å². The Labute approximate surface area is 143 Å². The van der Waals surface area contributed by atoms with Crippen LogP contribution in [0.5, 0.6) is 0 Å². The molecule has 1 aliphatic heterocycles. The average molecular weight is 348 g/mol. The smallest absolute Gasteiger partial charge is 0.319 e. The van der Waals surface area contributed by atoms with Crippen LogP contribution in [0.15, 0.2) is 42.6 Å². The molecule has 3 rings (SSSR count). The van der Waals surface area contributed by atoms with Crippen LogP contribution in [0.1, 0.15) is 24.5 Å². The van der Waals surface area contributed by atoms with Crippen LogP contribution >= 0.6 is 11.6 Å². The maximum absolute atomic E-state index is 13.2. The van der Waals surface area contributed by atoms with Gasteiger partial charge in [0.2, 0.25) is 0 Å². The summed E-state index contributed by atoms with van der Waals surface area (Å²) in [7, 11) is 0. The molecular formula is C17H15ClFN3O2. The molecule has 1 aromatic carbocycles. The summed E-state index contributed by atoms with van der Waals surface area (Å²) >= 11 is 5.74. The Bertz CT molecular complexity index is 779. The maximum Gasteiger partial charge on any atom is 0.325 e. The van der Waals surface area contributed by atoms with Gasteiger partial charge in [0.25, 0.3) is 5.91 Å². The van der Waals surface area contributed by atoms with E-state index in [1.165, 1.54) is 30.5 Å². The first-order valence-corrected chi connectivity index (χ1v) is 7.84. The zero-order chi connectivity index (χ0) is 17.3. The molecule has 124 valence electrons. The highest BCUT2D eigenvalue weighted by atomic mass is 35.5. The largest absolute Gasteiger partial charge is 0.325 e. The highest BCUT2D eigenvalue weighted by molar-refractivity contribution is 6.29. The van der Waals surface area contributed by atoms with E-state index >= 15 is 0 Å². The molecule has 1 unspecified atom stereocenters. The molecule has 0 saturated carbocycles. The second-order valence-electron chi connectivity index (χ2n) is 5.58. The number of hydrogen-bond acceptors (Lipinski definition) is 3. The van der Waals surface area contributed by atoms with Gasteiger partial charge in [0.15, 0.2) is 0 Å². The number of aromatic nitrogens is 1. The fourth-order valence-corrected chi connectivity index (χ4v) is 2.94. The highest BCUT2D eigenvalue weighted by Gasteiger charge is 2.51. The van der Waals surface area contributed by atoms with Gasteiger partial charge in [-0.1, -0.05) is 36.7 Å². The third-order valence-electron chi connectivity index (χ3n) is 4.17. The number of benzene rings is 1. The summed E-state index contributed by atoms with van der Waals surface area (Å²) in [6.07, 6.45) is 1.88. The molecular weight excluding hydrogens is 333 g/mol. The Kier molecular flexibility index (Phi) is 4.24. The molecule has 1 aliphatic rings. The standard InChI is InChI=1S/C17H15ClFN3O2/c1-2-17(12-4-6-13(19)7-5-12)15(23)22(16(24)21-17)10-11-3-8-14(18)20-9-11/h3-9H,2,10H2,1H3,(H,21,24). The minimum atomic E-state index is -1.18. The van der Waals surface area contributed by atoms with E-state index < -0.39 is 17.4 Å². The van der Waals surface area contributed by atoms with Crippen LogP contribution in [0.25, 0.3) is 0 Å². The van der Waals surface area contributed by atoms with Gasteiger partial charge in [-0.25, -0.2) is 14.2 Å². The monoisotopic (exact) mass is 347 g/mol. The minimum Gasteiger partial charge on any atom is -0.319 e. The molecule has 24 heavy (non-hydrogen) atoms. The predicted octanol–water partition coefficient (Wildman–Crippen LogP) is 3.23. The number of nitrogens with one attached hydrogen (secondary N) is 1.